The summed E-state index contributed by atoms with van der Waals surface area (Å²) in [5.74, 6) is 1.31. The number of aliphatic hydroxyl groups is 1. The molecular formula is C30H45N3O. The van der Waals surface area contributed by atoms with Crippen molar-refractivity contribution in [3.63, 3.8) is 0 Å². The maximum atomic E-state index is 10.0. The van der Waals surface area contributed by atoms with Gasteiger partial charge in [-0.05, 0) is 43.5 Å². The Balaban J connectivity index is 1.47. The van der Waals surface area contributed by atoms with E-state index in [2.05, 4.69) is 75.8 Å². The summed E-state index contributed by atoms with van der Waals surface area (Å²) in [6, 6.07) is 22.9. The zero-order valence-corrected chi connectivity index (χ0v) is 21.1. The Hall–Kier alpha value is -1.72. The summed E-state index contributed by atoms with van der Waals surface area (Å²) < 4.78 is 0. The highest BCUT2D eigenvalue weighted by Crippen LogP contribution is 2.32. The van der Waals surface area contributed by atoms with Gasteiger partial charge >= 0.3 is 0 Å². The molecule has 2 fully saturated rings. The minimum absolute atomic E-state index is 0.224. The van der Waals surface area contributed by atoms with Gasteiger partial charge in [-0.1, -0.05) is 92.8 Å². The van der Waals surface area contributed by atoms with Gasteiger partial charge in [0.05, 0.1) is 6.61 Å². The summed E-state index contributed by atoms with van der Waals surface area (Å²) >= 11 is 0. The van der Waals surface area contributed by atoms with E-state index in [0.717, 1.165) is 45.1 Å². The monoisotopic (exact) mass is 463 g/mol. The van der Waals surface area contributed by atoms with Crippen molar-refractivity contribution in [2.24, 2.45) is 5.92 Å². The Morgan fingerprint density at radius 3 is 2.15 bits per heavy atom. The number of hydrogen-bond donors (Lipinski definition) is 2. The Labute approximate surface area is 207 Å². The summed E-state index contributed by atoms with van der Waals surface area (Å²) in [5.41, 5.74) is 2.84. The number of likely N-dealkylation sites (N-methyl/N-ethyl adjacent to an activating group) is 1. The molecule has 4 rings (SSSR count). The van der Waals surface area contributed by atoms with Crippen molar-refractivity contribution in [3.8, 4) is 0 Å². The van der Waals surface area contributed by atoms with Crippen LogP contribution in [0.1, 0.15) is 62.0 Å². The van der Waals surface area contributed by atoms with Gasteiger partial charge in [-0.25, -0.2) is 0 Å². The lowest BCUT2D eigenvalue weighted by molar-refractivity contribution is 0.0174. The first-order valence-corrected chi connectivity index (χ1v) is 13.6. The second-order valence-electron chi connectivity index (χ2n) is 10.5. The van der Waals surface area contributed by atoms with Crippen LogP contribution < -0.4 is 5.32 Å². The van der Waals surface area contributed by atoms with Gasteiger partial charge in [0.25, 0.3) is 0 Å². The van der Waals surface area contributed by atoms with Gasteiger partial charge in [-0.2, -0.15) is 0 Å². The van der Waals surface area contributed by atoms with E-state index in [-0.39, 0.29) is 12.6 Å². The molecule has 2 atom stereocenters. The van der Waals surface area contributed by atoms with Crippen LogP contribution in [-0.2, 0) is 0 Å². The van der Waals surface area contributed by atoms with Gasteiger partial charge in [0.1, 0.15) is 0 Å². The molecule has 2 aliphatic rings. The van der Waals surface area contributed by atoms with Gasteiger partial charge in [-0.15, -0.1) is 0 Å². The largest absolute Gasteiger partial charge is 0.395 e. The number of rotatable bonds is 11. The number of benzene rings is 2. The highest BCUT2D eigenvalue weighted by Gasteiger charge is 2.32. The van der Waals surface area contributed by atoms with Gasteiger partial charge in [0, 0.05) is 44.2 Å². The molecule has 34 heavy (non-hydrogen) atoms. The molecule has 2 aromatic rings. The van der Waals surface area contributed by atoms with E-state index in [1.807, 2.05) is 7.05 Å². The zero-order valence-electron chi connectivity index (χ0n) is 21.1. The Bertz CT molecular complexity index is 769. The number of piperazine rings is 1. The molecular weight excluding hydrogens is 418 g/mol. The van der Waals surface area contributed by atoms with Crippen LogP contribution in [-0.4, -0.2) is 73.4 Å². The van der Waals surface area contributed by atoms with Crippen molar-refractivity contribution < 1.29 is 5.11 Å². The Kier molecular flexibility index (Phi) is 9.99. The highest BCUT2D eigenvalue weighted by atomic mass is 16.3. The van der Waals surface area contributed by atoms with Crippen LogP contribution in [0.4, 0.5) is 0 Å². The van der Waals surface area contributed by atoms with Crippen LogP contribution >= 0.6 is 0 Å². The lowest BCUT2D eigenvalue weighted by Crippen LogP contribution is -2.58. The molecule has 0 amide bonds. The highest BCUT2D eigenvalue weighted by molar-refractivity contribution is 5.32. The third kappa shape index (κ3) is 6.91. The average molecular weight is 464 g/mol. The molecule has 4 heteroatoms. The Morgan fingerprint density at radius 2 is 1.56 bits per heavy atom. The molecule has 1 saturated carbocycles. The predicted molar refractivity (Wildman–Crippen MR) is 142 cm³/mol. The molecule has 0 bridgehead atoms. The van der Waals surface area contributed by atoms with E-state index in [4.69, 9.17) is 0 Å². The fourth-order valence-electron chi connectivity index (χ4n) is 6.31. The first kappa shape index (κ1) is 25.4. The minimum atomic E-state index is 0.224. The van der Waals surface area contributed by atoms with Crippen molar-refractivity contribution in [3.05, 3.63) is 71.8 Å². The van der Waals surface area contributed by atoms with Crippen LogP contribution in [0.2, 0.25) is 0 Å². The van der Waals surface area contributed by atoms with E-state index in [0.29, 0.717) is 12.0 Å². The third-order valence-electron chi connectivity index (χ3n) is 8.24. The summed E-state index contributed by atoms with van der Waals surface area (Å²) in [6.45, 7) is 5.47. The lowest BCUT2D eigenvalue weighted by atomic mass is 9.83. The first-order valence-electron chi connectivity index (χ1n) is 13.6. The zero-order chi connectivity index (χ0) is 23.6. The number of aliphatic hydroxyl groups excluding tert-OH is 1. The van der Waals surface area contributed by atoms with Gasteiger partial charge in [0.2, 0.25) is 0 Å². The second kappa shape index (κ2) is 13.4. The van der Waals surface area contributed by atoms with Crippen LogP contribution in [0.5, 0.6) is 0 Å². The minimum Gasteiger partial charge on any atom is -0.395 e. The molecule has 2 aromatic carbocycles. The normalized spacial score (nSPS) is 21.7. The molecule has 0 unspecified atom stereocenters. The number of nitrogens with one attached hydrogen (secondary N) is 1. The Morgan fingerprint density at radius 1 is 0.912 bits per heavy atom. The second-order valence-corrected chi connectivity index (χ2v) is 10.5. The molecule has 0 aromatic heterocycles. The smallest absolute Gasteiger partial charge is 0.0599 e. The molecule has 1 heterocycles. The third-order valence-corrected chi connectivity index (χ3v) is 8.24. The summed E-state index contributed by atoms with van der Waals surface area (Å²) in [5, 5.41) is 13.3. The van der Waals surface area contributed by atoms with E-state index >= 15 is 0 Å². The number of nitrogens with zero attached hydrogens (tertiary/aromatic N) is 2. The molecule has 1 saturated heterocycles. The van der Waals surface area contributed by atoms with Crippen molar-refractivity contribution in [1.82, 2.24) is 15.1 Å². The van der Waals surface area contributed by atoms with Crippen molar-refractivity contribution in [2.45, 2.75) is 62.9 Å². The predicted octanol–water partition coefficient (Wildman–Crippen LogP) is 4.75. The molecule has 2 N–H and O–H groups in total. The quantitative estimate of drug-likeness (QED) is 0.505. The van der Waals surface area contributed by atoms with Crippen molar-refractivity contribution in [1.29, 1.82) is 0 Å². The van der Waals surface area contributed by atoms with Crippen LogP contribution in [0.3, 0.4) is 0 Å². The topological polar surface area (TPSA) is 38.7 Å². The van der Waals surface area contributed by atoms with Crippen LogP contribution in [0, 0.1) is 5.92 Å². The van der Waals surface area contributed by atoms with E-state index in [1.165, 1.54) is 49.7 Å². The van der Waals surface area contributed by atoms with Crippen LogP contribution in [0.25, 0.3) is 0 Å². The molecule has 0 spiro atoms. The molecule has 0 radical (unpaired) electrons. The van der Waals surface area contributed by atoms with Gasteiger partial charge in [0.15, 0.2) is 0 Å². The van der Waals surface area contributed by atoms with E-state index in [9.17, 15) is 5.11 Å². The molecule has 1 aliphatic heterocycles. The van der Waals surface area contributed by atoms with E-state index < -0.39 is 0 Å². The maximum absolute atomic E-state index is 10.0. The van der Waals surface area contributed by atoms with E-state index in [1.54, 1.807) is 0 Å². The molecule has 1 aliphatic carbocycles. The number of hydrogen-bond acceptors (Lipinski definition) is 4. The van der Waals surface area contributed by atoms with Crippen LogP contribution in [0.15, 0.2) is 60.7 Å². The molecule has 186 valence electrons. The fourth-order valence-corrected chi connectivity index (χ4v) is 6.31. The van der Waals surface area contributed by atoms with Gasteiger partial charge < -0.3 is 10.4 Å². The standard InChI is InChI=1S/C30H45N3O/c1-31-22-29(24-34)33-20-19-32(28(23-33)21-25-11-5-2-6-12-25)18-17-30(26-13-7-3-8-14-26)27-15-9-4-10-16-27/h3-4,7-10,13-16,25,28-31,34H,2,5-6,11-12,17-24H2,1H3/t28-,29+/m1/s1. The van der Waals surface area contributed by atoms with Crippen molar-refractivity contribution in [2.75, 3.05) is 46.4 Å². The SMILES string of the molecule is CNC[C@@H](CO)N1CCN(CCC(c2ccccc2)c2ccccc2)[C@H](CC2CCCCC2)C1. The average Bonchev–Trinajstić information content (AvgIpc) is 2.90. The van der Waals surface area contributed by atoms with Crippen molar-refractivity contribution >= 4 is 0 Å². The lowest BCUT2D eigenvalue weighted by Gasteiger charge is -2.46. The summed E-state index contributed by atoms with van der Waals surface area (Å²) in [4.78, 5) is 5.34. The molecule has 4 nitrogen and oxygen atoms in total. The summed E-state index contributed by atoms with van der Waals surface area (Å²) in [6.07, 6.45) is 9.50. The fraction of sp³-hybridized carbons (Fsp3) is 0.600. The first-order chi connectivity index (χ1) is 16.8. The maximum Gasteiger partial charge on any atom is 0.0599 e. The summed E-state index contributed by atoms with van der Waals surface area (Å²) in [7, 11) is 1.99. The van der Waals surface area contributed by atoms with Gasteiger partial charge in [-0.3, -0.25) is 9.80 Å².